The topological polar surface area (TPSA) is 46.2 Å². The Bertz CT molecular complexity index is 535. The minimum atomic E-state index is -3.25. The van der Waals surface area contributed by atoms with Crippen LogP contribution in [0.15, 0.2) is 42.0 Å². The van der Waals surface area contributed by atoms with Gasteiger partial charge in [0.25, 0.3) is 0 Å². The zero-order valence-corrected chi connectivity index (χ0v) is 14.1. The van der Waals surface area contributed by atoms with Crippen LogP contribution in [0.25, 0.3) is 0 Å². The summed E-state index contributed by atoms with van der Waals surface area (Å²) in [5.74, 6) is 0.101. The number of benzene rings is 1. The van der Waals surface area contributed by atoms with Gasteiger partial charge in [0.05, 0.1) is 11.8 Å². The van der Waals surface area contributed by atoms with E-state index in [0.29, 0.717) is 0 Å². The normalized spacial score (nSPS) is 14.1. The van der Waals surface area contributed by atoms with Crippen LogP contribution in [0.5, 0.6) is 0 Å². The van der Waals surface area contributed by atoms with Crippen LogP contribution in [0.4, 0.5) is 0 Å². The lowest BCUT2D eigenvalue weighted by atomic mass is 9.95. The molecule has 0 bridgehead atoms. The monoisotopic (exact) mass is 309 g/mol. The molecule has 118 valence electrons. The molecule has 4 heteroatoms. The molecule has 0 heterocycles. The number of sulfonamides is 1. The van der Waals surface area contributed by atoms with Crippen molar-refractivity contribution in [3.05, 3.63) is 47.5 Å². The van der Waals surface area contributed by atoms with Crippen molar-refractivity contribution >= 4 is 10.0 Å². The minimum Gasteiger partial charge on any atom is -0.212 e. The van der Waals surface area contributed by atoms with Gasteiger partial charge in [-0.3, -0.25) is 0 Å². The van der Waals surface area contributed by atoms with Crippen LogP contribution < -0.4 is 4.72 Å². The lowest BCUT2D eigenvalue weighted by molar-refractivity contribution is 0.567. The van der Waals surface area contributed by atoms with Crippen LogP contribution in [0.3, 0.4) is 0 Å². The number of hydrogen-bond donors (Lipinski definition) is 1. The zero-order chi connectivity index (χ0) is 15.7. The summed E-state index contributed by atoms with van der Waals surface area (Å²) in [6.07, 6.45) is 6.15. The van der Waals surface area contributed by atoms with Crippen LogP contribution in [0.1, 0.15) is 58.1 Å². The molecule has 0 aliphatic carbocycles. The summed E-state index contributed by atoms with van der Waals surface area (Å²) >= 11 is 0. The summed E-state index contributed by atoms with van der Waals surface area (Å²) in [6, 6.07) is 9.57. The van der Waals surface area contributed by atoms with E-state index >= 15 is 0 Å². The summed E-state index contributed by atoms with van der Waals surface area (Å²) in [5.41, 5.74) is 2.17. The first-order chi connectivity index (χ1) is 10.0. The molecule has 1 rings (SSSR count). The first-order valence-corrected chi connectivity index (χ1v) is 9.43. The fourth-order valence-corrected chi connectivity index (χ4v) is 3.06. The lowest BCUT2D eigenvalue weighted by Crippen LogP contribution is -2.31. The highest BCUT2D eigenvalue weighted by Crippen LogP contribution is 2.27. The molecular weight excluding hydrogens is 282 g/mol. The largest absolute Gasteiger partial charge is 0.212 e. The second-order valence-corrected chi connectivity index (χ2v) is 7.23. The zero-order valence-electron chi connectivity index (χ0n) is 13.3. The lowest BCUT2D eigenvalue weighted by Gasteiger charge is -2.22. The molecule has 0 saturated carbocycles. The van der Waals surface area contributed by atoms with Gasteiger partial charge in [-0.05, 0) is 25.3 Å². The quantitative estimate of drug-likeness (QED) is 0.695. The second-order valence-electron chi connectivity index (χ2n) is 5.18. The Balaban J connectivity index is 3.16. The van der Waals surface area contributed by atoms with E-state index in [-0.39, 0.29) is 11.8 Å². The van der Waals surface area contributed by atoms with Crippen LogP contribution in [0.2, 0.25) is 0 Å². The standard InChI is InChI=1S/C17H27NO2S/c1-4-7-12-15(11-5-2)17(18-21(19,20)6-3)16-13-9-8-10-14-16/h8-10,12-14,17-18H,4-7,11H2,1-3H3/t17-/m1/s1. The molecule has 1 aromatic rings. The molecule has 0 saturated heterocycles. The van der Waals surface area contributed by atoms with E-state index in [1.54, 1.807) is 6.92 Å². The third-order valence-electron chi connectivity index (χ3n) is 3.42. The molecule has 0 aliphatic heterocycles. The molecule has 3 nitrogen and oxygen atoms in total. The number of nitrogens with one attached hydrogen (secondary N) is 1. The number of hydrogen-bond acceptors (Lipinski definition) is 2. The van der Waals surface area contributed by atoms with Crippen LogP contribution in [0, 0.1) is 0 Å². The van der Waals surface area contributed by atoms with Crippen molar-refractivity contribution in [2.24, 2.45) is 0 Å². The first-order valence-electron chi connectivity index (χ1n) is 7.77. The Morgan fingerprint density at radius 3 is 2.33 bits per heavy atom. The van der Waals surface area contributed by atoms with E-state index in [4.69, 9.17) is 0 Å². The maximum atomic E-state index is 12.0. The first kappa shape index (κ1) is 17.9. The predicted molar refractivity (Wildman–Crippen MR) is 89.7 cm³/mol. The summed E-state index contributed by atoms with van der Waals surface area (Å²) in [7, 11) is -3.25. The Morgan fingerprint density at radius 2 is 1.81 bits per heavy atom. The summed E-state index contributed by atoms with van der Waals surface area (Å²) in [6.45, 7) is 5.92. The molecule has 0 unspecified atom stereocenters. The molecule has 0 amide bonds. The molecular formula is C17H27NO2S. The van der Waals surface area contributed by atoms with E-state index in [9.17, 15) is 8.42 Å². The number of rotatable bonds is 9. The van der Waals surface area contributed by atoms with Gasteiger partial charge in [-0.25, -0.2) is 13.1 Å². The van der Waals surface area contributed by atoms with Crippen molar-refractivity contribution in [2.45, 2.75) is 52.5 Å². The SMILES string of the molecule is CCCC=C(CCC)[C@@H](NS(=O)(=O)CC)c1ccccc1. The van der Waals surface area contributed by atoms with Gasteiger partial charge in [-0.2, -0.15) is 0 Å². The van der Waals surface area contributed by atoms with Gasteiger partial charge in [0, 0.05) is 0 Å². The van der Waals surface area contributed by atoms with E-state index in [1.165, 1.54) is 5.57 Å². The van der Waals surface area contributed by atoms with E-state index < -0.39 is 10.0 Å². The Labute approximate surface area is 129 Å². The van der Waals surface area contributed by atoms with Gasteiger partial charge in [-0.1, -0.05) is 68.7 Å². The van der Waals surface area contributed by atoms with E-state index in [2.05, 4.69) is 24.6 Å². The number of unbranched alkanes of at least 4 members (excludes halogenated alkanes) is 1. The number of allylic oxidation sites excluding steroid dienone is 1. The molecule has 0 aromatic heterocycles. The summed E-state index contributed by atoms with van der Waals surface area (Å²) in [4.78, 5) is 0. The van der Waals surface area contributed by atoms with Gasteiger partial charge in [0.2, 0.25) is 10.0 Å². The smallest absolute Gasteiger partial charge is 0.212 e. The maximum Gasteiger partial charge on any atom is 0.212 e. The minimum absolute atomic E-state index is 0.101. The molecule has 0 aliphatic rings. The Hall–Kier alpha value is -1.13. The molecule has 0 fully saturated rings. The van der Waals surface area contributed by atoms with Gasteiger partial charge in [0.15, 0.2) is 0 Å². The molecule has 21 heavy (non-hydrogen) atoms. The van der Waals surface area contributed by atoms with Crippen LogP contribution in [-0.4, -0.2) is 14.2 Å². The Morgan fingerprint density at radius 1 is 1.14 bits per heavy atom. The fraction of sp³-hybridized carbons (Fsp3) is 0.529. The maximum absolute atomic E-state index is 12.0. The summed E-state index contributed by atoms with van der Waals surface area (Å²) in [5, 5.41) is 0. The second kappa shape index (κ2) is 9.00. The van der Waals surface area contributed by atoms with Gasteiger partial charge in [-0.15, -0.1) is 0 Å². The van der Waals surface area contributed by atoms with Crippen molar-refractivity contribution < 1.29 is 8.42 Å². The highest BCUT2D eigenvalue weighted by atomic mass is 32.2. The molecule has 1 aromatic carbocycles. The highest BCUT2D eigenvalue weighted by Gasteiger charge is 2.21. The van der Waals surface area contributed by atoms with Crippen LogP contribution >= 0.6 is 0 Å². The molecule has 0 radical (unpaired) electrons. The summed E-state index contributed by atoms with van der Waals surface area (Å²) < 4.78 is 26.9. The van der Waals surface area contributed by atoms with Crippen molar-refractivity contribution in [3.8, 4) is 0 Å². The van der Waals surface area contributed by atoms with Gasteiger partial charge in [0.1, 0.15) is 0 Å². The molecule has 1 N–H and O–H groups in total. The third kappa shape index (κ3) is 6.02. The fourth-order valence-electron chi connectivity index (χ4n) is 2.25. The third-order valence-corrected chi connectivity index (χ3v) is 4.77. The average Bonchev–Trinajstić information content (AvgIpc) is 2.50. The highest BCUT2D eigenvalue weighted by molar-refractivity contribution is 7.89. The van der Waals surface area contributed by atoms with Crippen molar-refractivity contribution in [1.82, 2.24) is 4.72 Å². The predicted octanol–water partition coefficient (Wildman–Crippen LogP) is 4.19. The molecule has 0 spiro atoms. The van der Waals surface area contributed by atoms with Crippen molar-refractivity contribution in [2.75, 3.05) is 5.75 Å². The van der Waals surface area contributed by atoms with Crippen LogP contribution in [-0.2, 0) is 10.0 Å². The van der Waals surface area contributed by atoms with E-state index in [1.807, 2.05) is 30.3 Å². The van der Waals surface area contributed by atoms with E-state index in [0.717, 1.165) is 31.2 Å². The Kier molecular flexibility index (Phi) is 7.68. The average molecular weight is 309 g/mol. The molecule has 1 atom stereocenters. The van der Waals surface area contributed by atoms with Gasteiger partial charge >= 0.3 is 0 Å². The van der Waals surface area contributed by atoms with Gasteiger partial charge < -0.3 is 0 Å². The van der Waals surface area contributed by atoms with Crippen molar-refractivity contribution in [3.63, 3.8) is 0 Å². The van der Waals surface area contributed by atoms with Crippen molar-refractivity contribution in [1.29, 1.82) is 0 Å².